The molecule has 0 fully saturated rings. The first-order valence-electron chi connectivity index (χ1n) is 16.7. The molecule has 1 N–H and O–H groups in total. The van der Waals surface area contributed by atoms with Gasteiger partial charge in [-0.2, -0.15) is 8.42 Å². The molecule has 0 aromatic heterocycles. The van der Waals surface area contributed by atoms with E-state index in [1.165, 1.54) is 83.5 Å². The van der Waals surface area contributed by atoms with Gasteiger partial charge >= 0.3 is 5.97 Å². The van der Waals surface area contributed by atoms with Gasteiger partial charge in [-0.05, 0) is 19.3 Å². The van der Waals surface area contributed by atoms with Crippen molar-refractivity contribution in [2.45, 2.75) is 174 Å². The first kappa shape index (κ1) is 43.0. The smallest absolute Gasteiger partial charge is 0.327 e. The van der Waals surface area contributed by atoms with E-state index in [1.54, 1.807) is 4.90 Å². The standard InChI is InChI=1S/C32H63NO6S.Na/c1-4-7-10-11-12-13-14-15-16-17-18-19-20-21-22-24-27-33(26-23-8-5-2)31(34)29-30(40(36,37)38)32(35)39-28-25-9-6-3;/h30H,4-29H2,1-3H3,(H,36,37,38);. The van der Waals surface area contributed by atoms with Crippen molar-refractivity contribution in [3.05, 3.63) is 0 Å². The number of esters is 1. The molecule has 0 heterocycles. The predicted molar refractivity (Wildman–Crippen MR) is 172 cm³/mol. The Kier molecular flexibility index (Phi) is 31.3. The summed E-state index contributed by atoms with van der Waals surface area (Å²) in [5.41, 5.74) is 0. The van der Waals surface area contributed by atoms with Crippen LogP contribution in [-0.2, 0) is 24.4 Å². The quantitative estimate of drug-likeness (QED) is 0.0395. The third-order valence-electron chi connectivity index (χ3n) is 7.64. The molecular formula is C32H63NNaO6S. The summed E-state index contributed by atoms with van der Waals surface area (Å²) in [7, 11) is -4.73. The zero-order valence-corrected chi connectivity index (χ0v) is 30.1. The average molecular weight is 613 g/mol. The molecule has 0 aromatic rings. The van der Waals surface area contributed by atoms with Crippen molar-refractivity contribution in [1.29, 1.82) is 0 Å². The van der Waals surface area contributed by atoms with Crippen LogP contribution in [0.3, 0.4) is 0 Å². The number of unbranched alkanes of at least 4 members (excludes halogenated alkanes) is 19. The molecule has 0 saturated heterocycles. The van der Waals surface area contributed by atoms with Crippen LogP contribution in [0.15, 0.2) is 0 Å². The van der Waals surface area contributed by atoms with E-state index < -0.39 is 33.7 Å². The zero-order chi connectivity index (χ0) is 29.9. The van der Waals surface area contributed by atoms with Crippen molar-refractivity contribution >= 4 is 51.6 Å². The molecule has 0 aliphatic rings. The Bertz CT molecular complexity index is 719. The molecule has 0 spiro atoms. The normalized spacial score (nSPS) is 12.1. The molecule has 0 aliphatic carbocycles. The number of rotatable bonds is 29. The average Bonchev–Trinajstić information content (AvgIpc) is 2.92. The number of hydrogen-bond donors (Lipinski definition) is 1. The van der Waals surface area contributed by atoms with Crippen LogP contribution in [-0.4, -0.2) is 84.3 Å². The second-order valence-corrected chi connectivity index (χ2v) is 13.1. The number of nitrogens with zero attached hydrogens (tertiary/aromatic N) is 1. The van der Waals surface area contributed by atoms with Crippen LogP contribution in [0.5, 0.6) is 0 Å². The predicted octanol–water partition coefficient (Wildman–Crippen LogP) is 8.27. The summed E-state index contributed by atoms with van der Waals surface area (Å²) in [4.78, 5) is 27.0. The Labute approximate surface area is 275 Å². The van der Waals surface area contributed by atoms with Crippen LogP contribution in [0.25, 0.3) is 0 Å². The van der Waals surface area contributed by atoms with Crippen LogP contribution in [0.2, 0.25) is 0 Å². The van der Waals surface area contributed by atoms with Gasteiger partial charge in [-0.15, -0.1) is 0 Å². The van der Waals surface area contributed by atoms with E-state index in [0.29, 0.717) is 19.5 Å². The minimum Gasteiger partial charge on any atom is -0.465 e. The van der Waals surface area contributed by atoms with Crippen molar-refractivity contribution in [1.82, 2.24) is 4.90 Å². The molecule has 0 aromatic carbocycles. The molecule has 0 aliphatic heterocycles. The van der Waals surface area contributed by atoms with Gasteiger partial charge in [0.15, 0.2) is 5.25 Å². The Hall–Kier alpha value is -0.150. The van der Waals surface area contributed by atoms with Crippen molar-refractivity contribution in [2.24, 2.45) is 0 Å². The Morgan fingerprint density at radius 3 is 1.37 bits per heavy atom. The second-order valence-electron chi connectivity index (χ2n) is 11.5. The van der Waals surface area contributed by atoms with E-state index in [-0.39, 0.29) is 36.2 Å². The number of amides is 1. The fourth-order valence-electron chi connectivity index (χ4n) is 4.98. The van der Waals surface area contributed by atoms with Crippen LogP contribution in [0.1, 0.15) is 168 Å². The minimum atomic E-state index is -4.73. The Balaban J connectivity index is 0. The van der Waals surface area contributed by atoms with E-state index in [4.69, 9.17) is 4.74 Å². The minimum absolute atomic E-state index is 0. The van der Waals surface area contributed by atoms with E-state index in [9.17, 15) is 22.6 Å². The molecule has 1 unspecified atom stereocenters. The van der Waals surface area contributed by atoms with Gasteiger partial charge in [0.2, 0.25) is 5.91 Å². The molecule has 239 valence electrons. The third kappa shape index (κ3) is 26.0. The van der Waals surface area contributed by atoms with Crippen LogP contribution in [0.4, 0.5) is 0 Å². The molecule has 0 bridgehead atoms. The maximum Gasteiger partial charge on any atom is 0.327 e. The summed E-state index contributed by atoms with van der Waals surface area (Å²) in [6.07, 6.45) is 25.1. The van der Waals surface area contributed by atoms with Gasteiger partial charge in [0, 0.05) is 42.6 Å². The number of carbonyl (C=O) groups is 2. The van der Waals surface area contributed by atoms with Gasteiger partial charge in [-0.3, -0.25) is 14.1 Å². The first-order chi connectivity index (χ1) is 19.3. The van der Waals surface area contributed by atoms with E-state index >= 15 is 0 Å². The van der Waals surface area contributed by atoms with Gasteiger partial charge in [-0.25, -0.2) is 0 Å². The molecule has 7 nitrogen and oxygen atoms in total. The number of ether oxygens (including phenoxy) is 1. The molecular weight excluding hydrogens is 549 g/mol. The Morgan fingerprint density at radius 1 is 0.610 bits per heavy atom. The third-order valence-corrected chi connectivity index (χ3v) is 8.72. The summed E-state index contributed by atoms with van der Waals surface area (Å²) in [5, 5.41) is -1.86. The number of carbonyl (C=O) groups excluding carboxylic acids is 2. The Morgan fingerprint density at radius 2 is 0.951 bits per heavy atom. The van der Waals surface area contributed by atoms with E-state index in [1.807, 2.05) is 6.92 Å². The summed E-state index contributed by atoms with van der Waals surface area (Å²) in [6.45, 7) is 7.53. The number of hydrogen-bond acceptors (Lipinski definition) is 5. The van der Waals surface area contributed by atoms with Crippen molar-refractivity contribution < 1.29 is 27.3 Å². The van der Waals surface area contributed by atoms with Gasteiger partial charge in [0.1, 0.15) is 0 Å². The monoisotopic (exact) mass is 612 g/mol. The summed E-state index contributed by atoms with van der Waals surface area (Å²) in [6, 6.07) is 0. The van der Waals surface area contributed by atoms with Crippen molar-refractivity contribution in [3.63, 3.8) is 0 Å². The summed E-state index contributed by atoms with van der Waals surface area (Å²) < 4.78 is 38.4. The van der Waals surface area contributed by atoms with Crippen molar-refractivity contribution in [2.75, 3.05) is 19.7 Å². The van der Waals surface area contributed by atoms with Gasteiger partial charge < -0.3 is 9.64 Å². The molecule has 1 radical (unpaired) electrons. The molecule has 1 atom stereocenters. The topological polar surface area (TPSA) is 101 Å². The first-order valence-corrected chi connectivity index (χ1v) is 18.2. The second kappa shape index (κ2) is 29.9. The van der Waals surface area contributed by atoms with E-state index in [2.05, 4.69) is 13.8 Å². The fourth-order valence-corrected chi connectivity index (χ4v) is 5.64. The van der Waals surface area contributed by atoms with E-state index in [0.717, 1.165) is 51.4 Å². The van der Waals surface area contributed by atoms with Crippen LogP contribution < -0.4 is 0 Å². The van der Waals surface area contributed by atoms with Gasteiger partial charge in [0.05, 0.1) is 13.0 Å². The maximum atomic E-state index is 13.0. The maximum absolute atomic E-state index is 13.0. The fraction of sp³-hybridized carbons (Fsp3) is 0.938. The van der Waals surface area contributed by atoms with Crippen LogP contribution in [0, 0.1) is 0 Å². The molecule has 0 saturated carbocycles. The largest absolute Gasteiger partial charge is 0.465 e. The van der Waals surface area contributed by atoms with Gasteiger partial charge in [-0.1, -0.05) is 143 Å². The molecule has 9 heteroatoms. The van der Waals surface area contributed by atoms with Crippen molar-refractivity contribution in [3.8, 4) is 0 Å². The SMILES string of the molecule is CCCCCCCCCCCCCCCCCCN(CCCCC)C(=O)CC(C(=O)OCCCCC)S(=O)(=O)O.[Na]. The zero-order valence-electron chi connectivity index (χ0n) is 27.3. The molecule has 0 rings (SSSR count). The summed E-state index contributed by atoms with van der Waals surface area (Å²) in [5.74, 6) is -1.45. The summed E-state index contributed by atoms with van der Waals surface area (Å²) >= 11 is 0. The van der Waals surface area contributed by atoms with Crippen LogP contribution >= 0.6 is 0 Å². The molecule has 1 amide bonds. The van der Waals surface area contributed by atoms with Gasteiger partial charge in [0.25, 0.3) is 10.1 Å². The molecule has 41 heavy (non-hydrogen) atoms.